The van der Waals surface area contributed by atoms with Crippen LogP contribution in [-0.2, 0) is 11.3 Å². The molecule has 0 radical (unpaired) electrons. The Labute approximate surface area is 190 Å². The maximum absolute atomic E-state index is 12.4. The van der Waals surface area contributed by atoms with Gasteiger partial charge in [0.25, 0.3) is 0 Å². The van der Waals surface area contributed by atoms with E-state index in [2.05, 4.69) is 20.9 Å². The Hall–Kier alpha value is -4.36. The summed E-state index contributed by atoms with van der Waals surface area (Å²) in [6, 6.07) is 13.8. The number of carbonyl (C=O) groups is 2. The van der Waals surface area contributed by atoms with Crippen LogP contribution in [0.5, 0.6) is 0 Å². The molecule has 1 unspecified atom stereocenters. The van der Waals surface area contributed by atoms with Crippen LogP contribution in [0.15, 0.2) is 59.5 Å². The first-order chi connectivity index (χ1) is 16.0. The third kappa shape index (κ3) is 6.81. The van der Waals surface area contributed by atoms with Crippen molar-refractivity contribution in [3.63, 3.8) is 0 Å². The molecule has 10 heteroatoms. The van der Waals surface area contributed by atoms with Gasteiger partial charge >= 0.3 is 12.1 Å². The number of ether oxygens (including phenoxy) is 1. The van der Waals surface area contributed by atoms with E-state index in [1.54, 1.807) is 36.5 Å². The number of nitrogens with one attached hydrogen (secondary N) is 3. The summed E-state index contributed by atoms with van der Waals surface area (Å²) in [6.45, 7) is 1.62. The van der Waals surface area contributed by atoms with Crippen LogP contribution >= 0.6 is 0 Å². The van der Waals surface area contributed by atoms with Crippen LogP contribution in [0, 0.1) is 18.3 Å². The number of amides is 3. The van der Waals surface area contributed by atoms with E-state index in [0.717, 1.165) is 16.7 Å². The first-order valence-electron chi connectivity index (χ1n) is 10.1. The molecular weight excluding hydrogens is 426 g/mol. The molecule has 1 aromatic heterocycles. The monoisotopic (exact) mass is 449 g/mol. The van der Waals surface area contributed by atoms with E-state index in [-0.39, 0.29) is 13.0 Å². The van der Waals surface area contributed by atoms with Gasteiger partial charge in [0.2, 0.25) is 0 Å². The summed E-state index contributed by atoms with van der Waals surface area (Å²) in [6.07, 6.45) is 1.27. The predicted octanol–water partition coefficient (Wildman–Crippen LogP) is 3.79. The number of carbonyl (C=O) groups excluding carboxylic acids is 2. The van der Waals surface area contributed by atoms with Gasteiger partial charge in [-0.1, -0.05) is 12.1 Å². The molecule has 0 saturated heterocycles. The molecule has 170 valence electrons. The van der Waals surface area contributed by atoms with E-state index in [1.165, 1.54) is 6.39 Å². The zero-order valence-corrected chi connectivity index (χ0v) is 17.9. The highest BCUT2D eigenvalue weighted by atomic mass is 16.6. The zero-order valence-electron chi connectivity index (χ0n) is 17.9. The smallest absolute Gasteiger partial charge is 0.407 e. The minimum atomic E-state index is -0.875. The second-order valence-electron chi connectivity index (χ2n) is 7.10. The van der Waals surface area contributed by atoms with E-state index in [1.807, 2.05) is 25.1 Å². The molecule has 1 heterocycles. The SMILES string of the molecule is Cc1cc(NC(=O)Nc2cccc(CNC(=O)OC(CO)CC#N)c2)ccc1-c1cnco1. The Balaban J connectivity index is 1.53. The minimum Gasteiger partial charge on any atom is -0.444 e. The molecule has 2 aromatic carbocycles. The number of hydrogen-bond donors (Lipinski definition) is 4. The van der Waals surface area contributed by atoms with Gasteiger partial charge in [0.05, 0.1) is 25.3 Å². The fourth-order valence-electron chi connectivity index (χ4n) is 3.03. The van der Waals surface area contributed by atoms with E-state index >= 15 is 0 Å². The van der Waals surface area contributed by atoms with Crippen molar-refractivity contribution in [1.82, 2.24) is 10.3 Å². The standard InChI is InChI=1S/C23H23N5O5/c1-15-9-18(5-6-20(15)21-12-25-14-32-21)28-22(30)27-17-4-2-3-16(10-17)11-26-23(31)33-19(13-29)7-8-24/h2-6,9-10,12,14,19,29H,7,11,13H2,1H3,(H,26,31)(H2,27,28,30). The molecule has 0 saturated carbocycles. The van der Waals surface area contributed by atoms with Crippen LogP contribution in [0.1, 0.15) is 17.5 Å². The number of aromatic nitrogens is 1. The number of nitrogens with zero attached hydrogens (tertiary/aromatic N) is 2. The van der Waals surface area contributed by atoms with Gasteiger partial charge in [0.1, 0.15) is 6.10 Å². The second kappa shape index (κ2) is 11.3. The Morgan fingerprint density at radius 3 is 2.67 bits per heavy atom. The van der Waals surface area contributed by atoms with E-state index in [4.69, 9.17) is 19.5 Å². The van der Waals surface area contributed by atoms with Crippen LogP contribution in [0.2, 0.25) is 0 Å². The summed E-state index contributed by atoms with van der Waals surface area (Å²) < 4.78 is 10.3. The maximum atomic E-state index is 12.4. The number of oxazole rings is 1. The summed E-state index contributed by atoms with van der Waals surface area (Å²) in [5.74, 6) is 0.648. The van der Waals surface area contributed by atoms with E-state index in [0.29, 0.717) is 17.1 Å². The number of benzene rings is 2. The lowest BCUT2D eigenvalue weighted by atomic mass is 10.1. The minimum absolute atomic E-state index is 0.0965. The van der Waals surface area contributed by atoms with Gasteiger partial charge in [0, 0.05) is 23.5 Å². The lowest BCUT2D eigenvalue weighted by molar-refractivity contribution is 0.0600. The third-order valence-electron chi connectivity index (χ3n) is 4.60. The topological polar surface area (TPSA) is 150 Å². The molecule has 0 fully saturated rings. The number of aliphatic hydroxyl groups is 1. The number of aryl methyl sites for hydroxylation is 1. The first kappa shape index (κ1) is 23.3. The predicted molar refractivity (Wildman–Crippen MR) is 120 cm³/mol. The normalized spacial score (nSPS) is 11.2. The number of nitriles is 1. The van der Waals surface area contributed by atoms with Gasteiger partial charge in [0.15, 0.2) is 12.2 Å². The van der Waals surface area contributed by atoms with Crippen molar-refractivity contribution in [2.45, 2.75) is 26.0 Å². The largest absolute Gasteiger partial charge is 0.444 e. The summed E-state index contributed by atoms with van der Waals surface area (Å²) in [7, 11) is 0. The molecule has 33 heavy (non-hydrogen) atoms. The fourth-order valence-corrected chi connectivity index (χ4v) is 3.03. The van der Waals surface area contributed by atoms with E-state index < -0.39 is 24.8 Å². The number of alkyl carbamates (subject to hydrolysis) is 1. The quantitative estimate of drug-likeness (QED) is 0.408. The molecule has 10 nitrogen and oxygen atoms in total. The summed E-state index contributed by atoms with van der Waals surface area (Å²) in [5, 5.41) is 25.8. The molecule has 0 spiro atoms. The van der Waals surface area contributed by atoms with Crippen molar-refractivity contribution in [2.75, 3.05) is 17.2 Å². The van der Waals surface area contributed by atoms with Crippen molar-refractivity contribution >= 4 is 23.5 Å². The van der Waals surface area contributed by atoms with Gasteiger partial charge in [-0.2, -0.15) is 5.26 Å². The lowest BCUT2D eigenvalue weighted by Crippen LogP contribution is -2.30. The Kier molecular flexibility index (Phi) is 7.99. The van der Waals surface area contributed by atoms with Crippen molar-refractivity contribution in [2.24, 2.45) is 0 Å². The van der Waals surface area contributed by atoms with Gasteiger partial charge in [-0.05, 0) is 48.4 Å². The molecule has 3 amide bonds. The molecule has 0 aliphatic carbocycles. The molecular formula is C23H23N5O5. The third-order valence-corrected chi connectivity index (χ3v) is 4.60. The van der Waals surface area contributed by atoms with Gasteiger partial charge in [-0.25, -0.2) is 14.6 Å². The summed E-state index contributed by atoms with van der Waals surface area (Å²) in [4.78, 5) is 28.1. The molecule has 1 atom stereocenters. The van der Waals surface area contributed by atoms with E-state index in [9.17, 15) is 9.59 Å². The molecule has 0 aliphatic rings. The highest BCUT2D eigenvalue weighted by Gasteiger charge is 2.13. The van der Waals surface area contributed by atoms with Gasteiger partial charge in [-0.15, -0.1) is 0 Å². The number of urea groups is 1. The average Bonchev–Trinajstić information content (AvgIpc) is 3.32. The highest BCUT2D eigenvalue weighted by molar-refractivity contribution is 6.00. The summed E-state index contributed by atoms with van der Waals surface area (Å²) in [5.41, 5.74) is 3.67. The first-order valence-corrected chi connectivity index (χ1v) is 10.1. The molecule has 0 aliphatic heterocycles. The maximum Gasteiger partial charge on any atom is 0.407 e. The van der Waals surface area contributed by atoms with Crippen molar-refractivity contribution in [3.8, 4) is 17.4 Å². The van der Waals surface area contributed by atoms with Crippen molar-refractivity contribution in [3.05, 3.63) is 66.2 Å². The molecule has 3 rings (SSSR count). The van der Waals surface area contributed by atoms with Crippen molar-refractivity contribution in [1.29, 1.82) is 5.26 Å². The number of rotatable bonds is 8. The Morgan fingerprint density at radius 2 is 2.00 bits per heavy atom. The van der Waals surface area contributed by atoms with Crippen LogP contribution < -0.4 is 16.0 Å². The Morgan fingerprint density at radius 1 is 1.21 bits per heavy atom. The lowest BCUT2D eigenvalue weighted by Gasteiger charge is -2.13. The Bertz CT molecular complexity index is 1140. The molecule has 0 bridgehead atoms. The van der Waals surface area contributed by atoms with Gasteiger partial charge in [-0.3, -0.25) is 0 Å². The number of hydrogen-bond acceptors (Lipinski definition) is 7. The highest BCUT2D eigenvalue weighted by Crippen LogP contribution is 2.25. The van der Waals surface area contributed by atoms with Crippen LogP contribution in [0.4, 0.5) is 21.0 Å². The number of aliphatic hydroxyl groups excluding tert-OH is 1. The van der Waals surface area contributed by atoms with Crippen LogP contribution in [-0.4, -0.2) is 34.9 Å². The van der Waals surface area contributed by atoms with Crippen LogP contribution in [0.3, 0.4) is 0 Å². The second-order valence-corrected chi connectivity index (χ2v) is 7.10. The molecule has 4 N–H and O–H groups in total. The van der Waals surface area contributed by atoms with Crippen molar-refractivity contribution < 1.29 is 23.8 Å². The molecule has 3 aromatic rings. The summed E-state index contributed by atoms with van der Waals surface area (Å²) >= 11 is 0. The number of anilines is 2. The average molecular weight is 449 g/mol. The van der Waals surface area contributed by atoms with Gasteiger partial charge < -0.3 is 30.2 Å². The fraction of sp³-hybridized carbons (Fsp3) is 0.217. The zero-order chi connectivity index (χ0) is 23.6. The van der Waals surface area contributed by atoms with Crippen LogP contribution in [0.25, 0.3) is 11.3 Å².